The average molecular weight is 407 g/mol. The lowest BCUT2D eigenvalue weighted by molar-refractivity contribution is 1.30. The number of halogens is 2. The smallest absolute Gasteiger partial charge is 0.112 e. The summed E-state index contributed by atoms with van der Waals surface area (Å²) in [6.07, 6.45) is 3.58. The summed E-state index contributed by atoms with van der Waals surface area (Å²) in [5, 5.41) is 3.49. The fourth-order valence-corrected chi connectivity index (χ4v) is 3.35. The van der Waals surface area contributed by atoms with Crippen molar-refractivity contribution in [1.29, 1.82) is 0 Å². The van der Waals surface area contributed by atoms with Crippen LogP contribution in [-0.4, -0.2) is 9.97 Å². The fourth-order valence-electron chi connectivity index (χ4n) is 2.35. The minimum Gasteiger partial charge on any atom is -0.353 e. The van der Waals surface area contributed by atoms with Crippen LogP contribution < -0.4 is 5.32 Å². The van der Waals surface area contributed by atoms with E-state index in [-0.39, 0.29) is 0 Å². The maximum Gasteiger partial charge on any atom is 0.112 e. The second-order valence-electron chi connectivity index (χ2n) is 4.92. The summed E-state index contributed by atoms with van der Waals surface area (Å²) >= 11 is 6.95. The molecule has 0 radical (unpaired) electrons. The summed E-state index contributed by atoms with van der Waals surface area (Å²) in [4.78, 5) is 8.84. The van der Waals surface area contributed by atoms with Crippen molar-refractivity contribution < 1.29 is 0 Å². The van der Waals surface area contributed by atoms with Gasteiger partial charge in [0.1, 0.15) is 5.52 Å². The lowest BCUT2D eigenvalue weighted by Crippen LogP contribution is -1.98. The lowest BCUT2D eigenvalue weighted by atomic mass is 10.1. The minimum atomic E-state index is 0.863. The van der Waals surface area contributed by atoms with Gasteiger partial charge in [-0.25, -0.2) is 0 Å². The van der Waals surface area contributed by atoms with Crippen LogP contribution in [0.2, 0.25) is 0 Å². The number of hydrogen-bond acceptors (Lipinski definition) is 3. The average Bonchev–Trinajstić information content (AvgIpc) is 2.42. The van der Waals surface area contributed by atoms with Gasteiger partial charge in [0, 0.05) is 27.0 Å². The van der Waals surface area contributed by atoms with E-state index in [1.165, 1.54) is 11.1 Å². The van der Waals surface area contributed by atoms with Gasteiger partial charge in [-0.15, -0.1) is 0 Å². The predicted molar refractivity (Wildman–Crippen MR) is 94.1 cm³/mol. The molecule has 5 heteroatoms. The van der Waals surface area contributed by atoms with Crippen LogP contribution in [0.15, 0.2) is 45.6 Å². The Morgan fingerprint density at radius 2 is 1.67 bits per heavy atom. The first-order valence-electron chi connectivity index (χ1n) is 6.48. The molecule has 2 aromatic heterocycles. The molecule has 0 unspecified atom stereocenters. The van der Waals surface area contributed by atoms with E-state index in [0.717, 1.165) is 31.4 Å². The van der Waals surface area contributed by atoms with Gasteiger partial charge in [-0.05, 0) is 65.2 Å². The van der Waals surface area contributed by atoms with E-state index in [9.17, 15) is 0 Å². The monoisotopic (exact) mass is 405 g/mol. The zero-order chi connectivity index (χ0) is 15.0. The summed E-state index contributed by atoms with van der Waals surface area (Å²) in [5.41, 5.74) is 6.16. The van der Waals surface area contributed by atoms with Crippen molar-refractivity contribution >= 4 is 54.3 Å². The van der Waals surface area contributed by atoms with Gasteiger partial charge in [-0.1, -0.05) is 15.9 Å². The third-order valence-corrected chi connectivity index (χ3v) is 4.19. The molecule has 3 rings (SSSR count). The van der Waals surface area contributed by atoms with Crippen molar-refractivity contribution in [2.45, 2.75) is 13.8 Å². The van der Waals surface area contributed by atoms with Gasteiger partial charge in [-0.2, -0.15) is 0 Å². The molecule has 0 fully saturated rings. The molecular weight excluding hydrogens is 394 g/mol. The standard InChI is InChI=1S/C16H13Br2N3/c1-9-5-11(17)6-10(2)15(9)21-13-3-4-19-14-7-12(18)8-20-16(13)14/h3-8H,1-2H3,(H,19,21). The van der Waals surface area contributed by atoms with Gasteiger partial charge < -0.3 is 5.32 Å². The molecule has 3 nitrogen and oxygen atoms in total. The Hall–Kier alpha value is -1.46. The molecule has 1 N–H and O–H groups in total. The number of fused-ring (bicyclic) bond motifs is 1. The highest BCUT2D eigenvalue weighted by atomic mass is 79.9. The number of aromatic nitrogens is 2. The SMILES string of the molecule is Cc1cc(Br)cc(C)c1Nc1ccnc2cc(Br)cnc12. The predicted octanol–water partition coefficient (Wildman–Crippen LogP) is 5.52. The van der Waals surface area contributed by atoms with Crippen molar-refractivity contribution in [1.82, 2.24) is 9.97 Å². The highest BCUT2D eigenvalue weighted by Gasteiger charge is 2.08. The fraction of sp³-hybridized carbons (Fsp3) is 0.125. The van der Waals surface area contributed by atoms with E-state index in [2.05, 4.69) is 73.1 Å². The second-order valence-corrected chi connectivity index (χ2v) is 6.75. The van der Waals surface area contributed by atoms with Crippen molar-refractivity contribution in [2.24, 2.45) is 0 Å². The largest absolute Gasteiger partial charge is 0.353 e. The molecule has 21 heavy (non-hydrogen) atoms. The van der Waals surface area contributed by atoms with E-state index >= 15 is 0 Å². The van der Waals surface area contributed by atoms with Crippen LogP contribution >= 0.6 is 31.9 Å². The van der Waals surface area contributed by atoms with Crippen LogP contribution in [0, 0.1) is 13.8 Å². The van der Waals surface area contributed by atoms with Gasteiger partial charge in [-0.3, -0.25) is 9.97 Å². The highest BCUT2D eigenvalue weighted by molar-refractivity contribution is 9.10. The molecule has 0 spiro atoms. The van der Waals surface area contributed by atoms with Crippen molar-refractivity contribution in [3.05, 3.63) is 56.7 Å². The topological polar surface area (TPSA) is 37.8 Å². The summed E-state index contributed by atoms with van der Waals surface area (Å²) < 4.78 is 2.01. The third kappa shape index (κ3) is 2.94. The number of nitrogens with zero attached hydrogens (tertiary/aromatic N) is 2. The Morgan fingerprint density at radius 1 is 0.952 bits per heavy atom. The van der Waals surface area contributed by atoms with Crippen LogP contribution in [0.25, 0.3) is 11.0 Å². The quantitative estimate of drug-likeness (QED) is 0.609. The first-order chi connectivity index (χ1) is 10.0. The van der Waals surface area contributed by atoms with Crippen LogP contribution in [0.4, 0.5) is 11.4 Å². The molecule has 0 amide bonds. The second kappa shape index (κ2) is 5.73. The first-order valence-corrected chi connectivity index (χ1v) is 8.07. The molecule has 0 saturated heterocycles. The van der Waals surface area contributed by atoms with E-state index < -0.39 is 0 Å². The minimum absolute atomic E-state index is 0.863. The molecule has 106 valence electrons. The van der Waals surface area contributed by atoms with Crippen LogP contribution in [-0.2, 0) is 0 Å². The Kier molecular flexibility index (Phi) is 3.95. The normalized spacial score (nSPS) is 10.9. The number of pyridine rings is 2. The number of nitrogens with one attached hydrogen (secondary N) is 1. The van der Waals surface area contributed by atoms with Crippen LogP contribution in [0.3, 0.4) is 0 Å². The highest BCUT2D eigenvalue weighted by Crippen LogP contribution is 2.30. The summed E-state index contributed by atoms with van der Waals surface area (Å²) in [6, 6.07) is 8.12. The van der Waals surface area contributed by atoms with Crippen molar-refractivity contribution in [3.8, 4) is 0 Å². The van der Waals surface area contributed by atoms with Crippen LogP contribution in [0.1, 0.15) is 11.1 Å². The Balaban J connectivity index is 2.11. The molecule has 0 bridgehead atoms. The molecule has 0 aliphatic heterocycles. The van der Waals surface area contributed by atoms with Crippen molar-refractivity contribution in [2.75, 3.05) is 5.32 Å². The molecule has 0 aliphatic rings. The molecule has 2 heterocycles. The summed E-state index contributed by atoms with van der Waals surface area (Å²) in [7, 11) is 0. The first kappa shape index (κ1) is 14.5. The van der Waals surface area contributed by atoms with E-state index in [4.69, 9.17) is 0 Å². The Morgan fingerprint density at radius 3 is 2.38 bits per heavy atom. The van der Waals surface area contributed by atoms with Crippen LogP contribution in [0.5, 0.6) is 0 Å². The van der Waals surface area contributed by atoms with E-state index in [1.807, 2.05) is 12.1 Å². The molecule has 1 aromatic carbocycles. The molecule has 0 saturated carbocycles. The molecular formula is C16H13Br2N3. The molecule has 0 aliphatic carbocycles. The van der Waals surface area contributed by atoms with Crippen molar-refractivity contribution in [3.63, 3.8) is 0 Å². The molecule has 0 atom stereocenters. The van der Waals surface area contributed by atoms with Gasteiger partial charge in [0.15, 0.2) is 0 Å². The zero-order valence-corrected chi connectivity index (χ0v) is 14.8. The van der Waals surface area contributed by atoms with Gasteiger partial charge in [0.2, 0.25) is 0 Å². The Bertz CT molecular complexity index is 808. The molecule has 3 aromatic rings. The zero-order valence-electron chi connectivity index (χ0n) is 11.6. The number of hydrogen-bond donors (Lipinski definition) is 1. The van der Waals surface area contributed by atoms with Gasteiger partial charge >= 0.3 is 0 Å². The number of anilines is 2. The maximum absolute atomic E-state index is 4.47. The number of rotatable bonds is 2. The van der Waals surface area contributed by atoms with E-state index in [0.29, 0.717) is 0 Å². The lowest BCUT2D eigenvalue weighted by Gasteiger charge is -2.14. The van der Waals surface area contributed by atoms with Gasteiger partial charge in [0.25, 0.3) is 0 Å². The third-order valence-electron chi connectivity index (χ3n) is 3.30. The number of aryl methyl sites for hydroxylation is 2. The Labute approximate surface area is 140 Å². The number of benzene rings is 1. The van der Waals surface area contributed by atoms with Gasteiger partial charge in [0.05, 0.1) is 11.2 Å². The van der Waals surface area contributed by atoms with E-state index in [1.54, 1.807) is 12.4 Å². The summed E-state index contributed by atoms with van der Waals surface area (Å²) in [6.45, 7) is 4.18. The summed E-state index contributed by atoms with van der Waals surface area (Å²) in [5.74, 6) is 0. The maximum atomic E-state index is 4.47.